The number of piperazine rings is 1. The molecule has 1 aliphatic heterocycles. The molecule has 2 heterocycles. The third-order valence-electron chi connectivity index (χ3n) is 6.49. The number of anilines is 3. The molecule has 10 nitrogen and oxygen atoms in total. The number of nitrogens with two attached hydrogens (primary N) is 2. The van der Waals surface area contributed by atoms with Crippen LogP contribution in [0.25, 0.3) is 10.8 Å². The van der Waals surface area contributed by atoms with Crippen molar-refractivity contribution in [2.45, 2.75) is 0 Å². The lowest BCUT2D eigenvalue weighted by atomic mass is 10.1. The molecule has 1 aromatic heterocycles. The second kappa shape index (κ2) is 12.7. The van der Waals surface area contributed by atoms with Crippen LogP contribution in [-0.4, -0.2) is 65.6 Å². The number of aliphatic carboxylic acids is 1. The van der Waals surface area contributed by atoms with Crippen LogP contribution in [0, 0.1) is 11.6 Å². The Morgan fingerprint density at radius 3 is 2.27 bits per heavy atom. The van der Waals surface area contributed by atoms with Crippen molar-refractivity contribution in [2.75, 3.05) is 48.3 Å². The number of urea groups is 1. The third-order valence-corrected chi connectivity index (χ3v) is 6.49. The fourth-order valence-corrected chi connectivity index (χ4v) is 4.41. The Labute approximate surface area is 234 Å². The molecular weight excluding hydrogens is 534 g/mol. The van der Waals surface area contributed by atoms with Crippen molar-refractivity contribution in [3.8, 4) is 0 Å². The van der Waals surface area contributed by atoms with Crippen LogP contribution >= 0.6 is 0 Å². The number of aromatic nitrogens is 1. The van der Waals surface area contributed by atoms with Crippen LogP contribution < -0.4 is 21.3 Å². The number of fused-ring (bicyclic) bond motifs is 1. The number of benzene rings is 3. The van der Waals surface area contributed by atoms with E-state index in [9.17, 15) is 23.2 Å². The van der Waals surface area contributed by atoms with E-state index in [0.717, 1.165) is 11.5 Å². The molecule has 0 aliphatic carbocycles. The van der Waals surface area contributed by atoms with E-state index in [1.807, 2.05) is 0 Å². The number of pyridine rings is 1. The summed E-state index contributed by atoms with van der Waals surface area (Å²) in [6.07, 6.45) is 1.60. The number of halogens is 2. The van der Waals surface area contributed by atoms with Gasteiger partial charge in [0.05, 0.1) is 5.69 Å². The summed E-state index contributed by atoms with van der Waals surface area (Å²) in [5.41, 5.74) is 12.2. The van der Waals surface area contributed by atoms with Gasteiger partial charge in [0.2, 0.25) is 0 Å². The number of rotatable bonds is 5. The smallest absolute Gasteiger partial charge is 0.323 e. The van der Waals surface area contributed by atoms with E-state index in [0.29, 0.717) is 54.3 Å². The number of carbonyl (C=O) groups excluding carboxylic acids is 2. The van der Waals surface area contributed by atoms with E-state index in [2.05, 4.69) is 4.98 Å². The van der Waals surface area contributed by atoms with Crippen molar-refractivity contribution in [1.82, 2.24) is 9.88 Å². The van der Waals surface area contributed by atoms with E-state index < -0.39 is 36.1 Å². The lowest BCUT2D eigenvalue weighted by Gasteiger charge is -2.35. The van der Waals surface area contributed by atoms with Gasteiger partial charge >= 0.3 is 12.0 Å². The maximum absolute atomic E-state index is 13.5. The summed E-state index contributed by atoms with van der Waals surface area (Å²) < 4.78 is 26.3. The minimum Gasteiger partial charge on any atom is -0.480 e. The molecular formula is C29H28F2N6O4. The predicted octanol–water partition coefficient (Wildman–Crippen LogP) is 3.71. The molecule has 41 heavy (non-hydrogen) atoms. The molecule has 0 spiro atoms. The molecule has 0 bridgehead atoms. The minimum absolute atomic E-state index is 0.326. The summed E-state index contributed by atoms with van der Waals surface area (Å²) in [4.78, 5) is 43.4. The quantitative estimate of drug-likeness (QED) is 0.336. The maximum atomic E-state index is 13.5. The number of carboxylic acids is 1. The molecule has 3 aromatic carbocycles. The molecule has 12 heteroatoms. The molecule has 0 unspecified atom stereocenters. The Hall–Kier alpha value is -5.26. The first-order valence-corrected chi connectivity index (χ1v) is 12.6. The Morgan fingerprint density at radius 2 is 1.63 bits per heavy atom. The fourth-order valence-electron chi connectivity index (χ4n) is 4.41. The predicted molar refractivity (Wildman–Crippen MR) is 152 cm³/mol. The van der Waals surface area contributed by atoms with Gasteiger partial charge in [-0.25, -0.2) is 18.6 Å². The molecule has 0 saturated carbocycles. The summed E-state index contributed by atoms with van der Waals surface area (Å²) >= 11 is 0. The van der Waals surface area contributed by atoms with Crippen LogP contribution in [0.2, 0.25) is 0 Å². The normalized spacial score (nSPS) is 12.8. The van der Waals surface area contributed by atoms with E-state index >= 15 is 0 Å². The first kappa shape index (κ1) is 28.7. The number of hydrogen-bond donors (Lipinski definition) is 3. The van der Waals surface area contributed by atoms with E-state index in [-0.39, 0.29) is 0 Å². The second-order valence-corrected chi connectivity index (χ2v) is 9.16. The Kier molecular flexibility index (Phi) is 8.92. The number of carbonyl (C=O) groups is 3. The Balaban J connectivity index is 0.000000201. The number of nitrogen functional groups attached to an aromatic ring is 1. The van der Waals surface area contributed by atoms with Crippen molar-refractivity contribution < 1.29 is 28.3 Å². The summed E-state index contributed by atoms with van der Waals surface area (Å²) in [7, 11) is 0. The van der Waals surface area contributed by atoms with Crippen LogP contribution in [0.15, 0.2) is 79.0 Å². The average molecular weight is 563 g/mol. The molecule has 0 radical (unpaired) electrons. The van der Waals surface area contributed by atoms with Crippen LogP contribution in [-0.2, 0) is 4.79 Å². The molecule has 1 aliphatic rings. The Morgan fingerprint density at radius 1 is 0.927 bits per heavy atom. The number of carboxylic acid groups (broad SMARTS) is 1. The standard InChI is InChI=1S/C18H15N3O3.C11H13F2N3O/c19-17-15-10-13(7-6-12(15)8-9-20-17)18(24)21(11-16(22)23)14-4-2-1-3-5-14;12-8-1-2-10(9(13)7-8)15-3-5-16(6-4-15)11(14)17/h1-10H,11H2,(H2,19,20)(H,22,23);1-2,7H,3-6H2,(H2,14,17). The van der Waals surface area contributed by atoms with Gasteiger partial charge in [0, 0.05) is 55.1 Å². The van der Waals surface area contributed by atoms with E-state index in [4.69, 9.17) is 16.6 Å². The van der Waals surface area contributed by atoms with Gasteiger partial charge < -0.3 is 26.4 Å². The van der Waals surface area contributed by atoms with Gasteiger partial charge in [-0.15, -0.1) is 0 Å². The van der Waals surface area contributed by atoms with Crippen LogP contribution in [0.3, 0.4) is 0 Å². The largest absolute Gasteiger partial charge is 0.480 e. The topological polar surface area (TPSA) is 146 Å². The van der Waals surface area contributed by atoms with Gasteiger partial charge in [0.1, 0.15) is 24.0 Å². The van der Waals surface area contributed by atoms with E-state index in [1.165, 1.54) is 21.9 Å². The zero-order chi connectivity index (χ0) is 29.5. The molecule has 3 amide bonds. The number of primary amides is 1. The third kappa shape index (κ3) is 7.04. The molecule has 4 aromatic rings. The number of amides is 3. The zero-order valence-electron chi connectivity index (χ0n) is 21.9. The van der Waals surface area contributed by atoms with Crippen molar-refractivity contribution in [1.29, 1.82) is 0 Å². The summed E-state index contributed by atoms with van der Waals surface area (Å²) in [6, 6.07) is 18.6. The first-order valence-electron chi connectivity index (χ1n) is 12.6. The van der Waals surface area contributed by atoms with Crippen molar-refractivity contribution in [3.63, 3.8) is 0 Å². The summed E-state index contributed by atoms with van der Waals surface area (Å²) in [6.45, 7) is 1.46. The Bertz CT molecular complexity index is 1560. The van der Waals surface area contributed by atoms with Crippen LogP contribution in [0.5, 0.6) is 0 Å². The van der Waals surface area contributed by atoms with Gasteiger partial charge in [0.25, 0.3) is 5.91 Å². The highest BCUT2D eigenvalue weighted by atomic mass is 19.1. The minimum atomic E-state index is -1.09. The lowest BCUT2D eigenvalue weighted by molar-refractivity contribution is -0.135. The highest BCUT2D eigenvalue weighted by Crippen LogP contribution is 2.23. The van der Waals surface area contributed by atoms with Crippen LogP contribution in [0.1, 0.15) is 10.4 Å². The number of hydrogen-bond acceptors (Lipinski definition) is 6. The summed E-state index contributed by atoms with van der Waals surface area (Å²) in [5.74, 6) is -2.35. The van der Waals surface area contributed by atoms with Gasteiger partial charge in [-0.1, -0.05) is 24.3 Å². The monoisotopic (exact) mass is 562 g/mol. The highest BCUT2D eigenvalue weighted by Gasteiger charge is 2.22. The van der Waals surface area contributed by atoms with Gasteiger partial charge in [-0.2, -0.15) is 0 Å². The van der Waals surface area contributed by atoms with Gasteiger partial charge in [-0.3, -0.25) is 14.5 Å². The second-order valence-electron chi connectivity index (χ2n) is 9.16. The molecule has 0 atom stereocenters. The fraction of sp³-hybridized carbons (Fsp3) is 0.172. The van der Waals surface area contributed by atoms with E-state index in [1.54, 1.807) is 65.7 Å². The van der Waals surface area contributed by atoms with Gasteiger partial charge in [0.15, 0.2) is 0 Å². The van der Waals surface area contributed by atoms with Crippen molar-refractivity contribution in [3.05, 3.63) is 96.2 Å². The maximum Gasteiger partial charge on any atom is 0.323 e. The molecule has 5 rings (SSSR count). The summed E-state index contributed by atoms with van der Waals surface area (Å²) in [5, 5.41) is 10.7. The zero-order valence-corrected chi connectivity index (χ0v) is 21.9. The van der Waals surface area contributed by atoms with Crippen molar-refractivity contribution in [2.24, 2.45) is 5.73 Å². The molecule has 212 valence electrons. The first-order chi connectivity index (χ1) is 19.6. The van der Waals surface area contributed by atoms with Crippen molar-refractivity contribution >= 4 is 45.9 Å². The average Bonchev–Trinajstić information content (AvgIpc) is 2.96. The molecule has 5 N–H and O–H groups in total. The SMILES string of the molecule is NC(=O)N1CCN(c2ccc(F)cc2F)CC1.Nc1nccc2ccc(C(=O)N(CC(=O)O)c3ccccc3)cc12. The lowest BCUT2D eigenvalue weighted by Crippen LogP contribution is -2.50. The number of nitrogens with zero attached hydrogens (tertiary/aromatic N) is 4. The molecule has 1 fully saturated rings. The number of para-hydroxylation sites is 1. The van der Waals surface area contributed by atoms with Crippen LogP contribution in [0.4, 0.5) is 30.8 Å². The van der Waals surface area contributed by atoms with Gasteiger partial charge in [-0.05, 0) is 47.9 Å². The highest BCUT2D eigenvalue weighted by molar-refractivity contribution is 6.10. The molecule has 1 saturated heterocycles.